The average Bonchev–Trinajstić information content (AvgIpc) is 2.72. The molecule has 0 radical (unpaired) electrons. The number of nitrogens with one attached hydrogen (secondary N) is 1. The topological polar surface area (TPSA) is 52.6 Å². The molecule has 0 aliphatic heterocycles. The number of hydrogen-bond acceptors (Lipinski definition) is 3. The first-order chi connectivity index (χ1) is 13.1. The van der Waals surface area contributed by atoms with Gasteiger partial charge >= 0.3 is 0 Å². The molecular formula is C23H26N2O2. The molecule has 4 nitrogen and oxygen atoms in total. The molecule has 140 valence electrons. The zero-order chi connectivity index (χ0) is 19.2. The van der Waals surface area contributed by atoms with Gasteiger partial charge in [0.15, 0.2) is 0 Å². The van der Waals surface area contributed by atoms with Gasteiger partial charge in [-0.25, -0.2) is 5.48 Å². The van der Waals surface area contributed by atoms with Gasteiger partial charge in [-0.3, -0.25) is 14.9 Å². The molecule has 0 atom stereocenters. The van der Waals surface area contributed by atoms with Gasteiger partial charge in [0.25, 0.3) is 5.91 Å². The van der Waals surface area contributed by atoms with E-state index in [9.17, 15) is 4.79 Å². The van der Waals surface area contributed by atoms with Gasteiger partial charge in [-0.05, 0) is 65.2 Å². The molecule has 2 N–H and O–H groups in total. The molecular weight excluding hydrogens is 336 g/mol. The monoisotopic (exact) mass is 362 g/mol. The second-order valence-electron chi connectivity index (χ2n) is 6.79. The van der Waals surface area contributed by atoms with E-state index in [0.29, 0.717) is 5.56 Å². The van der Waals surface area contributed by atoms with Crippen LogP contribution in [0.2, 0.25) is 0 Å². The Morgan fingerprint density at radius 3 is 2.00 bits per heavy atom. The summed E-state index contributed by atoms with van der Waals surface area (Å²) < 4.78 is 0. The van der Waals surface area contributed by atoms with E-state index in [4.69, 9.17) is 5.21 Å². The summed E-state index contributed by atoms with van der Waals surface area (Å²) in [6.07, 6.45) is 0.804. The second-order valence-corrected chi connectivity index (χ2v) is 6.79. The summed E-state index contributed by atoms with van der Waals surface area (Å²) in [6.45, 7) is 7.50. The van der Waals surface area contributed by atoms with Crippen molar-refractivity contribution >= 4 is 16.7 Å². The molecule has 3 aromatic rings. The molecule has 0 aliphatic carbocycles. The Hall–Kier alpha value is -2.69. The summed E-state index contributed by atoms with van der Waals surface area (Å²) in [7, 11) is 0. The Labute approximate surface area is 160 Å². The van der Waals surface area contributed by atoms with Gasteiger partial charge < -0.3 is 0 Å². The maximum Gasteiger partial charge on any atom is 0.274 e. The number of carbonyl (C=O) groups is 1. The third kappa shape index (κ3) is 4.73. The molecule has 0 saturated carbocycles. The smallest absolute Gasteiger partial charge is 0.274 e. The molecule has 3 rings (SSSR count). The van der Waals surface area contributed by atoms with Crippen molar-refractivity contribution in [3.63, 3.8) is 0 Å². The summed E-state index contributed by atoms with van der Waals surface area (Å²) in [5.41, 5.74) is 5.80. The van der Waals surface area contributed by atoms with Crippen molar-refractivity contribution in [2.24, 2.45) is 0 Å². The molecule has 0 spiro atoms. The molecule has 0 aliphatic rings. The third-order valence-electron chi connectivity index (χ3n) is 5.00. The predicted molar refractivity (Wildman–Crippen MR) is 109 cm³/mol. The fourth-order valence-corrected chi connectivity index (χ4v) is 3.33. The van der Waals surface area contributed by atoms with Crippen molar-refractivity contribution in [2.45, 2.75) is 26.8 Å². The van der Waals surface area contributed by atoms with E-state index in [2.05, 4.69) is 55.1 Å². The molecule has 0 aromatic heterocycles. The van der Waals surface area contributed by atoms with Crippen LogP contribution in [0.4, 0.5) is 0 Å². The average molecular weight is 362 g/mol. The number of amides is 1. The second kappa shape index (κ2) is 8.80. The molecule has 1 amide bonds. The van der Waals surface area contributed by atoms with Crippen molar-refractivity contribution in [2.75, 3.05) is 13.1 Å². The van der Waals surface area contributed by atoms with Crippen LogP contribution in [0, 0.1) is 0 Å². The summed E-state index contributed by atoms with van der Waals surface area (Å²) in [5.74, 6) is -0.493. The lowest BCUT2D eigenvalue weighted by Gasteiger charge is -2.18. The molecule has 0 saturated heterocycles. The number of benzene rings is 3. The van der Waals surface area contributed by atoms with Crippen molar-refractivity contribution in [1.82, 2.24) is 10.4 Å². The minimum absolute atomic E-state index is 0.445. The summed E-state index contributed by atoms with van der Waals surface area (Å²) in [5, 5.41) is 11.2. The zero-order valence-electron chi connectivity index (χ0n) is 15.9. The fourth-order valence-electron chi connectivity index (χ4n) is 3.33. The molecule has 27 heavy (non-hydrogen) atoms. The highest BCUT2D eigenvalue weighted by Crippen LogP contribution is 2.21. The number of rotatable bonds is 7. The Bertz CT molecular complexity index is 915. The van der Waals surface area contributed by atoms with Crippen LogP contribution < -0.4 is 5.48 Å². The number of nitrogens with zero attached hydrogens (tertiary/aromatic N) is 1. The molecule has 0 heterocycles. The highest BCUT2D eigenvalue weighted by Gasteiger charge is 2.06. The first kappa shape index (κ1) is 19.1. The molecule has 4 heteroatoms. The van der Waals surface area contributed by atoms with E-state index < -0.39 is 5.91 Å². The first-order valence-corrected chi connectivity index (χ1v) is 9.40. The minimum Gasteiger partial charge on any atom is -0.300 e. The Balaban J connectivity index is 1.75. The summed E-state index contributed by atoms with van der Waals surface area (Å²) in [6, 6.07) is 20.6. The zero-order valence-corrected chi connectivity index (χ0v) is 15.9. The third-order valence-corrected chi connectivity index (χ3v) is 5.00. The van der Waals surface area contributed by atoms with Crippen molar-refractivity contribution in [1.29, 1.82) is 0 Å². The van der Waals surface area contributed by atoms with E-state index in [1.807, 2.05) is 12.1 Å². The van der Waals surface area contributed by atoms with Crippen LogP contribution in [0.1, 0.15) is 40.9 Å². The van der Waals surface area contributed by atoms with Gasteiger partial charge in [0.1, 0.15) is 0 Å². The predicted octanol–water partition coefficient (Wildman–Crippen LogP) is 4.39. The highest BCUT2D eigenvalue weighted by molar-refractivity contribution is 5.93. The van der Waals surface area contributed by atoms with Crippen LogP contribution in [0.15, 0.2) is 60.7 Å². The van der Waals surface area contributed by atoms with Crippen LogP contribution >= 0.6 is 0 Å². The van der Waals surface area contributed by atoms with Gasteiger partial charge in [0.05, 0.1) is 0 Å². The number of carbonyl (C=O) groups excluding carboxylic acids is 1. The van der Waals surface area contributed by atoms with E-state index >= 15 is 0 Å². The van der Waals surface area contributed by atoms with E-state index in [0.717, 1.165) is 31.6 Å². The Kier molecular flexibility index (Phi) is 6.22. The van der Waals surface area contributed by atoms with Crippen molar-refractivity contribution < 1.29 is 10.0 Å². The van der Waals surface area contributed by atoms with Gasteiger partial charge in [-0.1, -0.05) is 56.3 Å². The van der Waals surface area contributed by atoms with Crippen LogP contribution in [0.25, 0.3) is 10.8 Å². The van der Waals surface area contributed by atoms with Gasteiger partial charge in [-0.15, -0.1) is 0 Å². The maximum atomic E-state index is 11.4. The lowest BCUT2D eigenvalue weighted by atomic mass is 9.99. The summed E-state index contributed by atoms with van der Waals surface area (Å²) in [4.78, 5) is 13.8. The van der Waals surface area contributed by atoms with Crippen LogP contribution in [-0.2, 0) is 13.0 Å². The molecule has 0 bridgehead atoms. The van der Waals surface area contributed by atoms with Gasteiger partial charge in [-0.2, -0.15) is 0 Å². The number of hydrogen-bond donors (Lipinski definition) is 2. The molecule has 0 fully saturated rings. The van der Waals surface area contributed by atoms with Crippen LogP contribution in [-0.4, -0.2) is 29.1 Å². The lowest BCUT2D eigenvalue weighted by Crippen LogP contribution is -2.21. The van der Waals surface area contributed by atoms with Crippen LogP contribution in [0.3, 0.4) is 0 Å². The summed E-state index contributed by atoms with van der Waals surface area (Å²) >= 11 is 0. The minimum atomic E-state index is -0.493. The highest BCUT2D eigenvalue weighted by atomic mass is 16.5. The maximum absolute atomic E-state index is 11.4. The molecule has 3 aromatic carbocycles. The van der Waals surface area contributed by atoms with Crippen molar-refractivity contribution in [3.8, 4) is 0 Å². The van der Waals surface area contributed by atoms with E-state index in [1.165, 1.54) is 21.9 Å². The quantitative estimate of drug-likeness (QED) is 0.484. The number of hydroxylamine groups is 1. The Morgan fingerprint density at radius 2 is 1.41 bits per heavy atom. The SMILES string of the molecule is CCN(CC)Cc1ccc2cc(Cc3ccc(C(=O)NO)cc3)ccc2c1. The van der Waals surface area contributed by atoms with E-state index in [-0.39, 0.29) is 0 Å². The largest absolute Gasteiger partial charge is 0.300 e. The lowest BCUT2D eigenvalue weighted by molar-refractivity contribution is 0.0706. The van der Waals surface area contributed by atoms with Gasteiger partial charge in [0.2, 0.25) is 0 Å². The Morgan fingerprint density at radius 1 is 0.852 bits per heavy atom. The van der Waals surface area contributed by atoms with Gasteiger partial charge in [0, 0.05) is 12.1 Å². The normalized spacial score (nSPS) is 11.1. The van der Waals surface area contributed by atoms with Crippen molar-refractivity contribution in [3.05, 3.63) is 82.9 Å². The fraction of sp³-hybridized carbons (Fsp3) is 0.261. The standard InChI is InChI=1S/C23H26N2O2/c1-3-25(4-2)16-19-8-12-21-14-18(7-11-22(21)15-19)13-17-5-9-20(10-6-17)23(26)24-27/h5-12,14-15,27H,3-4,13,16H2,1-2H3,(H,24,26). The van der Waals surface area contributed by atoms with Crippen LogP contribution in [0.5, 0.6) is 0 Å². The first-order valence-electron chi connectivity index (χ1n) is 9.40. The number of fused-ring (bicyclic) bond motifs is 1. The van der Waals surface area contributed by atoms with E-state index in [1.54, 1.807) is 17.6 Å². The molecule has 0 unspecified atom stereocenters.